The predicted molar refractivity (Wildman–Crippen MR) is 164 cm³/mol. The minimum absolute atomic E-state index is 0.353. The maximum Gasteiger partial charge on any atom is 0.326 e. The summed E-state index contributed by atoms with van der Waals surface area (Å²) in [7, 11) is 0. The monoisotopic (exact) mass is 575 g/mol. The molecule has 0 spiro atoms. The molecular weight excluding hydrogens is 534 g/mol. The summed E-state index contributed by atoms with van der Waals surface area (Å²) in [5.74, 6) is -0.00261. The van der Waals surface area contributed by atoms with Gasteiger partial charge in [0.05, 0.1) is 6.20 Å². The fraction of sp³-hybridized carbons (Fsp3) is 0.455. The van der Waals surface area contributed by atoms with E-state index in [0.29, 0.717) is 24.3 Å². The first kappa shape index (κ1) is 30.7. The van der Waals surface area contributed by atoms with E-state index in [2.05, 4.69) is 15.5 Å². The van der Waals surface area contributed by atoms with Crippen LogP contribution in [-0.4, -0.2) is 51.8 Å². The predicted octanol–water partition coefficient (Wildman–Crippen LogP) is 6.85. The summed E-state index contributed by atoms with van der Waals surface area (Å²) in [6.45, 7) is 2.63. The molecule has 1 aromatic heterocycles. The van der Waals surface area contributed by atoms with Crippen LogP contribution >= 0.6 is 11.8 Å². The number of hydrogen-bond acceptors (Lipinski definition) is 6. The Bertz CT molecular complexity index is 1280. The highest BCUT2D eigenvalue weighted by Crippen LogP contribution is 2.34. The standard InChI is InChI=1S/C33H41N3O4S/c1-23-9-6-7-13-27(23)29-21-25(14-15-28(29)32(37)36-30(33(38)39)17-20-41-2)31(26-16-18-34-35-22-26)40-19-8-12-24-10-4-3-5-11-24/h6-7,9,13-16,18,21-22,24,30-31H,3-5,8,10-12,17,19-20H2,1-2H3,(H,36,37)(H,38,39)/t30-,31?/m0/s1. The maximum absolute atomic E-state index is 13.5. The number of amides is 1. The second kappa shape index (κ2) is 15.7. The van der Waals surface area contributed by atoms with Crippen molar-refractivity contribution in [1.82, 2.24) is 15.5 Å². The Labute approximate surface area is 247 Å². The molecule has 1 aliphatic rings. The summed E-state index contributed by atoms with van der Waals surface area (Å²) < 4.78 is 6.52. The van der Waals surface area contributed by atoms with Crippen LogP contribution in [0.4, 0.5) is 0 Å². The highest BCUT2D eigenvalue weighted by Gasteiger charge is 2.25. The number of hydrogen-bond donors (Lipinski definition) is 2. The molecule has 0 bridgehead atoms. The van der Waals surface area contributed by atoms with Crippen LogP contribution < -0.4 is 5.32 Å². The number of aromatic nitrogens is 2. The number of aryl methyl sites for hydroxylation is 1. The molecule has 1 fully saturated rings. The second-order valence-corrected chi connectivity index (χ2v) is 11.8. The van der Waals surface area contributed by atoms with Crippen LogP contribution in [0.5, 0.6) is 0 Å². The minimum atomic E-state index is -1.03. The Morgan fingerprint density at radius 2 is 1.85 bits per heavy atom. The Hall–Kier alpha value is -3.23. The van der Waals surface area contributed by atoms with Crippen LogP contribution in [0.3, 0.4) is 0 Å². The number of ether oxygens (including phenoxy) is 1. The van der Waals surface area contributed by atoms with Gasteiger partial charge < -0.3 is 15.2 Å². The van der Waals surface area contributed by atoms with E-state index in [-0.39, 0.29) is 6.10 Å². The number of carboxylic acid groups (broad SMARTS) is 1. The largest absolute Gasteiger partial charge is 0.480 e. The van der Waals surface area contributed by atoms with E-state index in [1.165, 1.54) is 38.5 Å². The van der Waals surface area contributed by atoms with E-state index in [0.717, 1.165) is 40.2 Å². The average molecular weight is 576 g/mol. The van der Waals surface area contributed by atoms with Gasteiger partial charge in [-0.3, -0.25) is 4.79 Å². The Kier molecular flexibility index (Phi) is 11.8. The van der Waals surface area contributed by atoms with E-state index >= 15 is 0 Å². The topological polar surface area (TPSA) is 101 Å². The van der Waals surface area contributed by atoms with Gasteiger partial charge in [-0.25, -0.2) is 4.79 Å². The number of carbonyl (C=O) groups is 2. The van der Waals surface area contributed by atoms with Gasteiger partial charge >= 0.3 is 5.97 Å². The molecular formula is C33H41N3O4S. The molecule has 3 aromatic rings. The molecule has 0 aliphatic heterocycles. The lowest BCUT2D eigenvalue weighted by Crippen LogP contribution is -2.41. The molecule has 218 valence electrons. The number of carboxylic acids is 1. The van der Waals surface area contributed by atoms with Crippen LogP contribution in [0.15, 0.2) is 60.9 Å². The van der Waals surface area contributed by atoms with Crippen molar-refractivity contribution in [3.63, 3.8) is 0 Å². The molecule has 1 aliphatic carbocycles. The zero-order chi connectivity index (χ0) is 29.0. The van der Waals surface area contributed by atoms with Gasteiger partial charge in [0.25, 0.3) is 5.91 Å². The Balaban J connectivity index is 1.64. The zero-order valence-electron chi connectivity index (χ0n) is 24.1. The van der Waals surface area contributed by atoms with Crippen molar-refractivity contribution >= 4 is 23.6 Å². The number of rotatable bonds is 14. The molecule has 1 heterocycles. The molecule has 7 nitrogen and oxygen atoms in total. The van der Waals surface area contributed by atoms with Crippen LogP contribution in [0.25, 0.3) is 11.1 Å². The first-order valence-electron chi connectivity index (χ1n) is 14.6. The number of benzene rings is 2. The van der Waals surface area contributed by atoms with Gasteiger partial charge in [0.15, 0.2) is 0 Å². The molecule has 1 saturated carbocycles. The van der Waals surface area contributed by atoms with E-state index in [1.807, 2.05) is 55.6 Å². The number of nitrogens with one attached hydrogen (secondary N) is 1. The van der Waals surface area contributed by atoms with Gasteiger partial charge in [-0.1, -0.05) is 62.4 Å². The first-order valence-corrected chi connectivity index (χ1v) is 16.0. The lowest BCUT2D eigenvalue weighted by Gasteiger charge is -2.23. The maximum atomic E-state index is 13.5. The molecule has 2 aromatic carbocycles. The minimum Gasteiger partial charge on any atom is -0.480 e. The second-order valence-electron chi connectivity index (χ2n) is 10.8. The van der Waals surface area contributed by atoms with Gasteiger partial charge in [-0.2, -0.15) is 22.0 Å². The van der Waals surface area contributed by atoms with Crippen LogP contribution in [0.2, 0.25) is 0 Å². The Morgan fingerprint density at radius 3 is 2.56 bits per heavy atom. The average Bonchev–Trinajstić information content (AvgIpc) is 3.00. The van der Waals surface area contributed by atoms with Gasteiger partial charge in [0.2, 0.25) is 0 Å². The summed E-state index contributed by atoms with van der Waals surface area (Å²) in [5.41, 5.74) is 4.91. The van der Waals surface area contributed by atoms with Crippen molar-refractivity contribution in [2.45, 2.75) is 70.4 Å². The molecule has 0 radical (unpaired) electrons. The van der Waals surface area contributed by atoms with E-state index in [1.54, 1.807) is 30.2 Å². The number of carbonyl (C=O) groups excluding carboxylic acids is 1. The normalized spacial score (nSPS) is 15.3. The van der Waals surface area contributed by atoms with E-state index in [4.69, 9.17) is 4.74 Å². The number of aliphatic carboxylic acids is 1. The quantitative estimate of drug-likeness (QED) is 0.203. The summed E-state index contributed by atoms with van der Waals surface area (Å²) in [4.78, 5) is 25.4. The summed E-state index contributed by atoms with van der Waals surface area (Å²) >= 11 is 1.55. The SMILES string of the molecule is CSCC[C@H](NC(=O)c1ccc(C(OCCCC2CCCCC2)c2ccnnc2)cc1-c1ccccc1C)C(=O)O. The molecule has 1 unspecified atom stereocenters. The van der Waals surface area contributed by atoms with Crippen molar-refractivity contribution < 1.29 is 19.4 Å². The van der Waals surface area contributed by atoms with E-state index < -0.39 is 17.9 Å². The van der Waals surface area contributed by atoms with Gasteiger partial charge in [0.1, 0.15) is 12.1 Å². The van der Waals surface area contributed by atoms with Crippen LogP contribution in [-0.2, 0) is 9.53 Å². The third-order valence-electron chi connectivity index (χ3n) is 7.92. The first-order chi connectivity index (χ1) is 20.0. The lowest BCUT2D eigenvalue weighted by molar-refractivity contribution is -0.139. The molecule has 8 heteroatoms. The number of nitrogens with zero attached hydrogens (tertiary/aromatic N) is 2. The zero-order valence-corrected chi connectivity index (χ0v) is 24.9. The van der Waals surface area contributed by atoms with E-state index in [9.17, 15) is 14.7 Å². The smallest absolute Gasteiger partial charge is 0.326 e. The molecule has 2 atom stereocenters. The third-order valence-corrected chi connectivity index (χ3v) is 8.56. The van der Waals surface area contributed by atoms with Crippen molar-refractivity contribution in [3.05, 3.63) is 83.2 Å². The highest BCUT2D eigenvalue weighted by molar-refractivity contribution is 7.98. The molecule has 0 saturated heterocycles. The van der Waals surface area contributed by atoms with Crippen molar-refractivity contribution in [1.29, 1.82) is 0 Å². The van der Waals surface area contributed by atoms with Gasteiger partial charge in [0, 0.05) is 23.9 Å². The highest BCUT2D eigenvalue weighted by atomic mass is 32.2. The number of thioether (sulfide) groups is 1. The summed E-state index contributed by atoms with van der Waals surface area (Å²) in [5, 5.41) is 20.5. The summed E-state index contributed by atoms with van der Waals surface area (Å²) in [6, 6.07) is 14.6. The van der Waals surface area contributed by atoms with Crippen molar-refractivity contribution in [2.24, 2.45) is 5.92 Å². The summed E-state index contributed by atoms with van der Waals surface area (Å²) in [6.07, 6.45) is 14.1. The van der Waals surface area contributed by atoms with Crippen LogP contribution in [0, 0.1) is 12.8 Å². The molecule has 4 rings (SSSR count). The fourth-order valence-corrected chi connectivity index (χ4v) is 6.11. The fourth-order valence-electron chi connectivity index (χ4n) is 5.64. The molecule has 1 amide bonds. The van der Waals surface area contributed by atoms with Crippen LogP contribution in [0.1, 0.15) is 84.5 Å². The Morgan fingerprint density at radius 1 is 1.05 bits per heavy atom. The molecule has 41 heavy (non-hydrogen) atoms. The lowest BCUT2D eigenvalue weighted by atomic mass is 9.86. The van der Waals surface area contributed by atoms with Gasteiger partial charge in [-0.15, -0.1) is 0 Å². The van der Waals surface area contributed by atoms with Crippen molar-refractivity contribution in [2.75, 3.05) is 18.6 Å². The van der Waals surface area contributed by atoms with Gasteiger partial charge in [-0.05, 0) is 84.6 Å². The molecule has 2 N–H and O–H groups in total. The van der Waals surface area contributed by atoms with Crippen molar-refractivity contribution in [3.8, 4) is 11.1 Å². The third kappa shape index (κ3) is 8.63.